The van der Waals surface area contributed by atoms with Crippen LogP contribution in [0.25, 0.3) is 0 Å². The summed E-state index contributed by atoms with van der Waals surface area (Å²) in [4.78, 5) is 24.4. The summed E-state index contributed by atoms with van der Waals surface area (Å²) < 4.78 is 29.7. The van der Waals surface area contributed by atoms with Crippen molar-refractivity contribution in [3.63, 3.8) is 0 Å². The maximum atomic E-state index is 12.7. The number of hydrogen-bond acceptors (Lipinski definition) is 5. The van der Waals surface area contributed by atoms with Gasteiger partial charge in [-0.25, -0.2) is 13.8 Å². The van der Waals surface area contributed by atoms with Crippen molar-refractivity contribution in [3.8, 4) is 0 Å². The molecule has 0 saturated heterocycles. The third-order valence-corrected chi connectivity index (χ3v) is 3.28. The Kier molecular flexibility index (Phi) is 4.87. The van der Waals surface area contributed by atoms with E-state index in [1.54, 1.807) is 22.6 Å². The predicted octanol–water partition coefficient (Wildman–Crippen LogP) is 2.25. The van der Waals surface area contributed by atoms with Crippen molar-refractivity contribution in [3.05, 3.63) is 31.1 Å². The molecule has 1 heterocycles. The van der Waals surface area contributed by atoms with Crippen LogP contribution in [-0.2, 0) is 16.0 Å². The van der Waals surface area contributed by atoms with Gasteiger partial charge in [0.1, 0.15) is 11.9 Å². The van der Waals surface area contributed by atoms with Crippen LogP contribution in [0.5, 0.6) is 0 Å². The number of esters is 1. The molecule has 9 heteroatoms. The lowest BCUT2D eigenvalue weighted by Crippen LogP contribution is -2.11. The Morgan fingerprint density at radius 2 is 2.28 bits per heavy atom. The Morgan fingerprint density at radius 3 is 2.72 bits per heavy atom. The number of nitro groups is 1. The fraction of sp³-hybridized carbons (Fsp3) is 0.333. The van der Waals surface area contributed by atoms with E-state index in [-0.39, 0.29) is 9.13 Å². The van der Waals surface area contributed by atoms with E-state index in [2.05, 4.69) is 9.72 Å². The van der Waals surface area contributed by atoms with Crippen molar-refractivity contribution in [1.82, 2.24) is 4.98 Å². The van der Waals surface area contributed by atoms with E-state index in [0.29, 0.717) is 0 Å². The average molecular weight is 372 g/mol. The molecule has 6 nitrogen and oxygen atoms in total. The molecule has 0 bridgehead atoms. The minimum atomic E-state index is -2.92. The quantitative estimate of drug-likeness (QED) is 0.351. The van der Waals surface area contributed by atoms with Gasteiger partial charge >= 0.3 is 11.7 Å². The van der Waals surface area contributed by atoms with E-state index in [1.165, 1.54) is 0 Å². The van der Waals surface area contributed by atoms with Gasteiger partial charge in [0.15, 0.2) is 0 Å². The number of aromatic nitrogens is 1. The van der Waals surface area contributed by atoms with E-state index in [9.17, 15) is 23.7 Å². The molecule has 0 fully saturated rings. The van der Waals surface area contributed by atoms with Crippen LogP contribution in [0.1, 0.15) is 17.7 Å². The summed E-state index contributed by atoms with van der Waals surface area (Å²) in [6, 6.07) is 0. The van der Waals surface area contributed by atoms with Crippen LogP contribution >= 0.6 is 22.6 Å². The lowest BCUT2D eigenvalue weighted by Gasteiger charge is -2.09. The molecule has 0 atom stereocenters. The van der Waals surface area contributed by atoms with Crippen molar-refractivity contribution in [2.45, 2.75) is 12.8 Å². The standard InChI is InChI=1S/C9H7F2IN2O4/c1-18-6(15)2-4-7(12)5(14(16)17)3-13-8(4)9(10)11/h3,9H,2H2,1H3. The van der Waals surface area contributed by atoms with Crippen molar-refractivity contribution < 1.29 is 23.2 Å². The Hall–Kier alpha value is -1.39. The number of methoxy groups -OCH3 is 1. The fourth-order valence-corrected chi connectivity index (χ4v) is 2.04. The second kappa shape index (κ2) is 5.98. The highest BCUT2D eigenvalue weighted by Crippen LogP contribution is 2.30. The second-order valence-corrected chi connectivity index (χ2v) is 4.21. The summed E-state index contributed by atoms with van der Waals surface area (Å²) in [7, 11) is 1.10. The van der Waals surface area contributed by atoms with Gasteiger partial charge in [0.25, 0.3) is 6.43 Å². The normalized spacial score (nSPS) is 10.5. The number of alkyl halides is 2. The average Bonchev–Trinajstić information content (AvgIpc) is 2.30. The van der Waals surface area contributed by atoms with Gasteiger partial charge in [0, 0.05) is 5.56 Å². The number of carbonyl (C=O) groups is 1. The molecular weight excluding hydrogens is 365 g/mol. The molecule has 0 spiro atoms. The lowest BCUT2D eigenvalue weighted by molar-refractivity contribution is -0.386. The number of pyridine rings is 1. The molecule has 0 aliphatic rings. The van der Waals surface area contributed by atoms with E-state index in [0.717, 1.165) is 13.3 Å². The number of halogens is 3. The van der Waals surface area contributed by atoms with E-state index >= 15 is 0 Å². The summed E-state index contributed by atoms with van der Waals surface area (Å²) in [5, 5.41) is 10.7. The molecule has 0 aliphatic carbocycles. The molecule has 1 rings (SSSR count). The van der Waals surface area contributed by atoms with Crippen LogP contribution in [0.15, 0.2) is 6.20 Å². The maximum absolute atomic E-state index is 12.7. The highest BCUT2D eigenvalue weighted by atomic mass is 127. The Balaban J connectivity index is 3.35. The molecule has 0 N–H and O–H groups in total. The second-order valence-electron chi connectivity index (χ2n) is 3.13. The van der Waals surface area contributed by atoms with Crippen LogP contribution in [0.2, 0.25) is 0 Å². The summed E-state index contributed by atoms with van der Waals surface area (Å²) in [6.45, 7) is 0. The SMILES string of the molecule is COC(=O)Cc1c(C(F)F)ncc([N+](=O)[O-])c1I. The van der Waals surface area contributed by atoms with E-state index < -0.39 is 35.1 Å². The number of rotatable bonds is 4. The highest BCUT2D eigenvalue weighted by Gasteiger charge is 2.26. The van der Waals surface area contributed by atoms with Gasteiger partial charge in [0.05, 0.1) is 22.0 Å². The van der Waals surface area contributed by atoms with Gasteiger partial charge in [-0.05, 0) is 22.6 Å². The molecule has 98 valence electrons. The van der Waals surface area contributed by atoms with Crippen LogP contribution in [-0.4, -0.2) is 23.0 Å². The Labute approximate surface area is 114 Å². The van der Waals surface area contributed by atoms with Crippen LogP contribution in [0.3, 0.4) is 0 Å². The van der Waals surface area contributed by atoms with Crippen molar-refractivity contribution in [1.29, 1.82) is 0 Å². The zero-order chi connectivity index (χ0) is 13.9. The Bertz CT molecular complexity index is 496. The molecule has 0 saturated carbocycles. The molecular formula is C9H7F2IN2O4. The first-order valence-electron chi connectivity index (χ1n) is 4.55. The third kappa shape index (κ3) is 3.09. The van der Waals surface area contributed by atoms with Gasteiger partial charge in [-0.2, -0.15) is 0 Å². The predicted molar refractivity (Wildman–Crippen MR) is 64.3 cm³/mol. The minimum Gasteiger partial charge on any atom is -0.469 e. The third-order valence-electron chi connectivity index (χ3n) is 2.08. The van der Waals surface area contributed by atoms with Gasteiger partial charge < -0.3 is 4.74 Å². The molecule has 1 aromatic rings. The molecule has 0 unspecified atom stereocenters. The first-order chi connectivity index (χ1) is 8.38. The van der Waals surface area contributed by atoms with E-state index in [1.807, 2.05) is 0 Å². The van der Waals surface area contributed by atoms with Crippen molar-refractivity contribution in [2.75, 3.05) is 7.11 Å². The Morgan fingerprint density at radius 1 is 1.67 bits per heavy atom. The summed E-state index contributed by atoms with van der Waals surface area (Å²) in [6.07, 6.45) is -2.65. The number of ether oxygens (including phenoxy) is 1. The van der Waals surface area contributed by atoms with Crippen LogP contribution < -0.4 is 0 Å². The largest absolute Gasteiger partial charge is 0.469 e. The zero-order valence-corrected chi connectivity index (χ0v) is 11.2. The molecule has 0 radical (unpaired) electrons. The molecule has 0 aromatic carbocycles. The monoisotopic (exact) mass is 372 g/mol. The summed E-state index contributed by atoms with van der Waals surface area (Å²) >= 11 is 1.54. The number of hydrogen-bond donors (Lipinski definition) is 0. The number of nitrogens with zero attached hydrogens (tertiary/aromatic N) is 2. The maximum Gasteiger partial charge on any atom is 0.310 e. The van der Waals surface area contributed by atoms with Gasteiger partial charge in [-0.15, -0.1) is 0 Å². The summed E-state index contributed by atoms with van der Waals surface area (Å²) in [5.74, 6) is -0.767. The molecule has 0 amide bonds. The fourth-order valence-electron chi connectivity index (χ4n) is 1.23. The molecule has 0 aliphatic heterocycles. The summed E-state index contributed by atoms with van der Waals surface area (Å²) in [5.41, 5.74) is -1.24. The topological polar surface area (TPSA) is 82.3 Å². The van der Waals surface area contributed by atoms with Crippen LogP contribution in [0, 0.1) is 13.7 Å². The smallest absolute Gasteiger partial charge is 0.310 e. The van der Waals surface area contributed by atoms with Gasteiger partial charge in [-0.1, -0.05) is 0 Å². The van der Waals surface area contributed by atoms with E-state index in [4.69, 9.17) is 0 Å². The number of carbonyl (C=O) groups excluding carboxylic acids is 1. The minimum absolute atomic E-state index is 0.0340. The van der Waals surface area contributed by atoms with Gasteiger partial charge in [-0.3, -0.25) is 14.9 Å². The molecule has 1 aromatic heterocycles. The lowest BCUT2D eigenvalue weighted by atomic mass is 10.1. The van der Waals surface area contributed by atoms with Gasteiger partial charge in [0.2, 0.25) is 0 Å². The van der Waals surface area contributed by atoms with Crippen molar-refractivity contribution in [2.24, 2.45) is 0 Å². The zero-order valence-electron chi connectivity index (χ0n) is 9.02. The first kappa shape index (κ1) is 14.7. The van der Waals surface area contributed by atoms with Crippen molar-refractivity contribution >= 4 is 34.2 Å². The first-order valence-corrected chi connectivity index (χ1v) is 5.63. The van der Waals surface area contributed by atoms with Crippen LogP contribution in [0.4, 0.5) is 14.5 Å². The molecule has 18 heavy (non-hydrogen) atoms. The highest BCUT2D eigenvalue weighted by molar-refractivity contribution is 14.1.